The van der Waals surface area contributed by atoms with Gasteiger partial charge in [0.25, 0.3) is 5.91 Å². The Kier molecular flexibility index (Phi) is 3.44. The Morgan fingerprint density at radius 1 is 1.32 bits per heavy atom. The molecule has 100 valence electrons. The summed E-state index contributed by atoms with van der Waals surface area (Å²) in [6.45, 7) is 5.71. The van der Waals surface area contributed by atoms with Gasteiger partial charge in [-0.05, 0) is 32.9 Å². The lowest BCUT2D eigenvalue weighted by Crippen LogP contribution is -2.55. The van der Waals surface area contributed by atoms with Crippen molar-refractivity contribution in [3.63, 3.8) is 0 Å². The van der Waals surface area contributed by atoms with E-state index in [-0.39, 0.29) is 5.91 Å². The van der Waals surface area contributed by atoms with Crippen LogP contribution >= 0.6 is 0 Å². The summed E-state index contributed by atoms with van der Waals surface area (Å²) in [6.07, 6.45) is 4.81. The second-order valence-corrected chi connectivity index (χ2v) is 5.29. The molecule has 19 heavy (non-hydrogen) atoms. The standard InChI is InChI=1S/C13H17N5O/c1-13(2,3)18-12(19)11(14)10(8-16-18)17-9-4-6-15-7-5-9/h4-8,11H,14H2,1-3H3. The van der Waals surface area contributed by atoms with Gasteiger partial charge in [0.05, 0.1) is 23.2 Å². The average Bonchev–Trinajstić information content (AvgIpc) is 2.35. The Labute approximate surface area is 112 Å². The van der Waals surface area contributed by atoms with Crippen molar-refractivity contribution in [1.82, 2.24) is 9.99 Å². The number of nitrogens with zero attached hydrogens (tertiary/aromatic N) is 4. The zero-order chi connectivity index (χ0) is 14.0. The molecule has 1 amide bonds. The van der Waals surface area contributed by atoms with Crippen molar-refractivity contribution in [1.29, 1.82) is 0 Å². The van der Waals surface area contributed by atoms with E-state index in [1.54, 1.807) is 24.5 Å². The van der Waals surface area contributed by atoms with Crippen LogP contribution in [-0.4, -0.2) is 39.4 Å². The van der Waals surface area contributed by atoms with Gasteiger partial charge in [-0.25, -0.2) is 10.0 Å². The molecule has 0 spiro atoms. The van der Waals surface area contributed by atoms with Crippen LogP contribution < -0.4 is 5.73 Å². The molecule has 2 rings (SSSR count). The Morgan fingerprint density at radius 3 is 2.53 bits per heavy atom. The van der Waals surface area contributed by atoms with Gasteiger partial charge in [0.1, 0.15) is 6.04 Å². The second-order valence-electron chi connectivity index (χ2n) is 5.29. The lowest BCUT2D eigenvalue weighted by Gasteiger charge is -2.35. The maximum absolute atomic E-state index is 12.2. The van der Waals surface area contributed by atoms with E-state index in [1.807, 2.05) is 20.8 Å². The Morgan fingerprint density at radius 2 is 1.95 bits per heavy atom. The molecule has 0 aromatic carbocycles. The van der Waals surface area contributed by atoms with Crippen molar-refractivity contribution >= 4 is 23.5 Å². The van der Waals surface area contributed by atoms with Crippen LogP contribution in [0.25, 0.3) is 0 Å². The molecule has 1 atom stereocenters. The fraction of sp³-hybridized carbons (Fsp3) is 0.385. The third kappa shape index (κ3) is 2.85. The molecule has 2 N–H and O–H groups in total. The van der Waals surface area contributed by atoms with Crippen LogP contribution in [0, 0.1) is 0 Å². The number of aromatic nitrogens is 1. The van der Waals surface area contributed by atoms with Gasteiger partial charge in [0, 0.05) is 12.4 Å². The van der Waals surface area contributed by atoms with Crippen LogP contribution in [0.5, 0.6) is 0 Å². The number of carbonyl (C=O) groups excluding carboxylic acids is 1. The number of hydrogen-bond donors (Lipinski definition) is 1. The zero-order valence-electron chi connectivity index (χ0n) is 11.2. The van der Waals surface area contributed by atoms with Crippen LogP contribution in [-0.2, 0) is 4.79 Å². The first-order valence-corrected chi connectivity index (χ1v) is 6.02. The molecule has 0 fully saturated rings. The van der Waals surface area contributed by atoms with E-state index in [0.717, 1.165) is 0 Å². The van der Waals surface area contributed by atoms with Gasteiger partial charge >= 0.3 is 0 Å². The van der Waals surface area contributed by atoms with E-state index >= 15 is 0 Å². The topological polar surface area (TPSA) is 83.9 Å². The fourth-order valence-electron chi connectivity index (χ4n) is 1.68. The molecule has 1 aromatic rings. The number of carbonyl (C=O) groups is 1. The molecule has 2 heterocycles. The van der Waals surface area contributed by atoms with Gasteiger partial charge in [0.15, 0.2) is 0 Å². The summed E-state index contributed by atoms with van der Waals surface area (Å²) in [6, 6.07) is 2.70. The van der Waals surface area contributed by atoms with E-state index in [2.05, 4.69) is 15.1 Å². The van der Waals surface area contributed by atoms with Crippen LogP contribution in [0.2, 0.25) is 0 Å². The first kappa shape index (κ1) is 13.4. The maximum atomic E-state index is 12.2. The Balaban J connectivity index is 2.32. The zero-order valence-corrected chi connectivity index (χ0v) is 11.2. The van der Waals surface area contributed by atoms with Gasteiger partial charge in [-0.2, -0.15) is 5.10 Å². The molecule has 0 saturated heterocycles. The van der Waals surface area contributed by atoms with Crippen LogP contribution in [0.15, 0.2) is 34.6 Å². The van der Waals surface area contributed by atoms with Crippen LogP contribution in [0.3, 0.4) is 0 Å². The molecule has 1 unspecified atom stereocenters. The smallest absolute Gasteiger partial charge is 0.266 e. The first-order valence-electron chi connectivity index (χ1n) is 6.02. The minimum absolute atomic E-state index is 0.247. The van der Waals surface area contributed by atoms with E-state index < -0.39 is 11.6 Å². The molecular formula is C13H17N5O. The van der Waals surface area contributed by atoms with Gasteiger partial charge in [0.2, 0.25) is 0 Å². The number of hydrogen-bond acceptors (Lipinski definition) is 5. The largest absolute Gasteiger partial charge is 0.315 e. The number of hydrazone groups is 1. The summed E-state index contributed by atoms with van der Waals surface area (Å²) < 4.78 is 0. The summed E-state index contributed by atoms with van der Waals surface area (Å²) in [5.41, 5.74) is 6.69. The van der Waals surface area contributed by atoms with E-state index in [9.17, 15) is 4.79 Å². The predicted octanol–water partition coefficient (Wildman–Crippen LogP) is 1.11. The highest BCUT2D eigenvalue weighted by molar-refractivity contribution is 6.39. The number of pyridine rings is 1. The third-order valence-corrected chi connectivity index (χ3v) is 2.66. The number of nitrogens with two attached hydrogens (primary N) is 1. The van der Waals surface area contributed by atoms with Crippen LogP contribution in [0.1, 0.15) is 20.8 Å². The Bertz CT molecular complexity index is 530. The summed E-state index contributed by atoms with van der Waals surface area (Å²) in [5.74, 6) is -0.247. The highest BCUT2D eigenvalue weighted by Gasteiger charge is 2.35. The quantitative estimate of drug-likeness (QED) is 0.819. The van der Waals surface area contributed by atoms with Gasteiger partial charge in [-0.15, -0.1) is 0 Å². The monoisotopic (exact) mass is 259 g/mol. The summed E-state index contributed by atoms with van der Waals surface area (Å²) in [4.78, 5) is 20.4. The number of rotatable bonds is 1. The lowest BCUT2D eigenvalue weighted by molar-refractivity contribution is -0.136. The van der Waals surface area contributed by atoms with E-state index in [0.29, 0.717) is 11.4 Å². The number of amides is 1. The Hall–Kier alpha value is -2.08. The van der Waals surface area contributed by atoms with Crippen molar-refractivity contribution in [2.45, 2.75) is 32.4 Å². The SMILES string of the molecule is CC(C)(C)N1N=CC(=Nc2ccncc2)C(N)C1=O. The van der Waals surface area contributed by atoms with Gasteiger partial charge in [-0.1, -0.05) is 0 Å². The summed E-state index contributed by atoms with van der Waals surface area (Å²) >= 11 is 0. The molecule has 0 bridgehead atoms. The molecule has 6 heteroatoms. The minimum Gasteiger partial charge on any atom is -0.315 e. The average molecular weight is 259 g/mol. The predicted molar refractivity (Wildman–Crippen MR) is 74.4 cm³/mol. The van der Waals surface area contributed by atoms with Crippen molar-refractivity contribution in [2.24, 2.45) is 15.8 Å². The molecule has 1 aliphatic heterocycles. The van der Waals surface area contributed by atoms with Crippen molar-refractivity contribution in [3.8, 4) is 0 Å². The van der Waals surface area contributed by atoms with Crippen LogP contribution in [0.4, 0.5) is 5.69 Å². The summed E-state index contributed by atoms with van der Waals surface area (Å²) in [5, 5.41) is 5.53. The molecule has 0 saturated carbocycles. The highest BCUT2D eigenvalue weighted by Crippen LogP contribution is 2.18. The highest BCUT2D eigenvalue weighted by atomic mass is 16.2. The van der Waals surface area contributed by atoms with Crippen molar-refractivity contribution in [2.75, 3.05) is 0 Å². The van der Waals surface area contributed by atoms with Crippen molar-refractivity contribution in [3.05, 3.63) is 24.5 Å². The van der Waals surface area contributed by atoms with Crippen molar-refractivity contribution < 1.29 is 4.79 Å². The van der Waals surface area contributed by atoms with E-state index in [1.165, 1.54) is 11.2 Å². The minimum atomic E-state index is -0.787. The third-order valence-electron chi connectivity index (χ3n) is 2.66. The second kappa shape index (κ2) is 4.89. The van der Waals surface area contributed by atoms with E-state index in [4.69, 9.17) is 5.73 Å². The lowest BCUT2D eigenvalue weighted by atomic mass is 10.0. The van der Waals surface area contributed by atoms with Gasteiger partial charge < -0.3 is 5.73 Å². The fourth-order valence-corrected chi connectivity index (χ4v) is 1.68. The summed E-state index contributed by atoms with van der Waals surface area (Å²) in [7, 11) is 0. The normalized spacial score (nSPS) is 22.1. The molecule has 1 aromatic heterocycles. The van der Waals surface area contributed by atoms with Gasteiger partial charge in [-0.3, -0.25) is 9.78 Å². The number of aliphatic imine (C=N–C) groups is 1. The maximum Gasteiger partial charge on any atom is 0.266 e. The molecular weight excluding hydrogens is 242 g/mol. The molecule has 6 nitrogen and oxygen atoms in total. The first-order chi connectivity index (χ1) is 8.89. The molecule has 0 radical (unpaired) electrons. The molecule has 1 aliphatic rings. The molecule has 0 aliphatic carbocycles.